The number of morpholine rings is 1. The number of carbonyl (C=O) groups is 1. The van der Waals surface area contributed by atoms with Crippen LogP contribution in [0.15, 0.2) is 30.3 Å². The number of hydrogen-bond acceptors (Lipinski definition) is 5. The van der Waals surface area contributed by atoms with Crippen molar-refractivity contribution in [3.8, 4) is 0 Å². The highest BCUT2D eigenvalue weighted by molar-refractivity contribution is 7.86. The molecule has 0 aliphatic carbocycles. The van der Waals surface area contributed by atoms with Gasteiger partial charge in [0.1, 0.15) is 5.54 Å². The van der Waals surface area contributed by atoms with E-state index in [1.165, 1.54) is 8.61 Å². The first-order chi connectivity index (χ1) is 12.3. The second kappa shape index (κ2) is 8.85. The van der Waals surface area contributed by atoms with E-state index >= 15 is 0 Å². The minimum absolute atomic E-state index is 0. The fourth-order valence-corrected chi connectivity index (χ4v) is 4.86. The van der Waals surface area contributed by atoms with Crippen LogP contribution in [0.25, 0.3) is 0 Å². The molecular weight excluding hydrogens is 392 g/mol. The Morgan fingerprint density at radius 1 is 1.00 bits per heavy atom. The molecule has 8 nitrogen and oxygen atoms in total. The molecule has 1 unspecified atom stereocenters. The van der Waals surface area contributed by atoms with Gasteiger partial charge in [-0.05, 0) is 12.5 Å². The molecule has 1 aromatic carbocycles. The van der Waals surface area contributed by atoms with Gasteiger partial charge in [0.15, 0.2) is 0 Å². The Morgan fingerprint density at radius 3 is 2.07 bits per heavy atom. The number of nitrogens with zero attached hydrogens (tertiary/aromatic N) is 3. The van der Waals surface area contributed by atoms with Crippen molar-refractivity contribution >= 4 is 28.5 Å². The SMILES string of the molecule is CC(N)(C(=O)N1CCN(S(=O)(=O)N2CCOCC2)CC1)c1ccccc1.Cl. The molecular formula is C17H27ClN4O4S. The van der Waals surface area contributed by atoms with Gasteiger partial charge < -0.3 is 15.4 Å². The molecule has 2 aliphatic rings. The van der Waals surface area contributed by atoms with Crippen molar-refractivity contribution in [1.82, 2.24) is 13.5 Å². The van der Waals surface area contributed by atoms with Crippen molar-refractivity contribution in [2.24, 2.45) is 5.73 Å². The number of halogens is 1. The van der Waals surface area contributed by atoms with Crippen LogP contribution >= 0.6 is 12.4 Å². The van der Waals surface area contributed by atoms with Gasteiger partial charge >= 0.3 is 0 Å². The zero-order valence-corrected chi connectivity index (χ0v) is 17.0. The summed E-state index contributed by atoms with van der Waals surface area (Å²) < 4.78 is 33.5. The largest absolute Gasteiger partial charge is 0.379 e. The van der Waals surface area contributed by atoms with E-state index in [2.05, 4.69) is 0 Å². The molecule has 3 rings (SSSR count). The van der Waals surface area contributed by atoms with Crippen LogP contribution in [-0.2, 0) is 25.3 Å². The third-order valence-electron chi connectivity index (χ3n) is 4.97. The monoisotopic (exact) mass is 418 g/mol. The Bertz CT molecular complexity index is 731. The topological polar surface area (TPSA) is 96.2 Å². The molecule has 0 aromatic heterocycles. The van der Waals surface area contributed by atoms with Crippen molar-refractivity contribution in [3.63, 3.8) is 0 Å². The van der Waals surface area contributed by atoms with E-state index in [1.54, 1.807) is 11.8 Å². The molecule has 2 aliphatic heterocycles. The van der Waals surface area contributed by atoms with Crippen LogP contribution in [-0.4, -0.2) is 80.3 Å². The maximum Gasteiger partial charge on any atom is 0.282 e. The van der Waals surface area contributed by atoms with Crippen molar-refractivity contribution in [2.45, 2.75) is 12.5 Å². The number of nitrogens with two attached hydrogens (primary N) is 1. The summed E-state index contributed by atoms with van der Waals surface area (Å²) in [5.74, 6) is -0.188. The van der Waals surface area contributed by atoms with E-state index in [9.17, 15) is 13.2 Å². The molecule has 2 saturated heterocycles. The second-order valence-corrected chi connectivity index (χ2v) is 8.71. The van der Waals surface area contributed by atoms with Gasteiger partial charge in [0.2, 0.25) is 5.91 Å². The van der Waals surface area contributed by atoms with Gasteiger partial charge in [0.05, 0.1) is 13.2 Å². The van der Waals surface area contributed by atoms with E-state index in [1.807, 2.05) is 30.3 Å². The third kappa shape index (κ3) is 4.61. The number of rotatable bonds is 4. The van der Waals surface area contributed by atoms with Crippen molar-refractivity contribution in [3.05, 3.63) is 35.9 Å². The van der Waals surface area contributed by atoms with Gasteiger partial charge in [-0.3, -0.25) is 4.79 Å². The first-order valence-corrected chi connectivity index (χ1v) is 10.2. The highest BCUT2D eigenvalue weighted by Gasteiger charge is 2.38. The van der Waals surface area contributed by atoms with Crippen LogP contribution in [0.4, 0.5) is 0 Å². The summed E-state index contributed by atoms with van der Waals surface area (Å²) in [6.45, 7) is 4.49. The summed E-state index contributed by atoms with van der Waals surface area (Å²) in [7, 11) is -3.50. The number of carbonyl (C=O) groups excluding carboxylic acids is 1. The Balaban J connectivity index is 0.00000261. The lowest BCUT2D eigenvalue weighted by atomic mass is 9.91. The van der Waals surface area contributed by atoms with Crippen molar-refractivity contribution in [2.75, 3.05) is 52.5 Å². The van der Waals surface area contributed by atoms with Crippen molar-refractivity contribution in [1.29, 1.82) is 0 Å². The number of ether oxygens (including phenoxy) is 1. The van der Waals surface area contributed by atoms with E-state index in [0.717, 1.165) is 5.56 Å². The maximum absolute atomic E-state index is 12.9. The molecule has 2 fully saturated rings. The molecule has 0 bridgehead atoms. The summed E-state index contributed by atoms with van der Waals surface area (Å²) >= 11 is 0. The van der Waals surface area contributed by atoms with Gasteiger partial charge in [0, 0.05) is 39.3 Å². The lowest BCUT2D eigenvalue weighted by Gasteiger charge is -2.40. The van der Waals surface area contributed by atoms with E-state index in [0.29, 0.717) is 39.4 Å². The molecule has 1 atom stereocenters. The molecule has 0 saturated carbocycles. The van der Waals surface area contributed by atoms with E-state index < -0.39 is 15.7 Å². The summed E-state index contributed by atoms with van der Waals surface area (Å²) in [6, 6.07) is 9.23. The molecule has 2 N–H and O–H groups in total. The van der Waals surface area contributed by atoms with Crippen LogP contribution in [0.3, 0.4) is 0 Å². The number of benzene rings is 1. The molecule has 2 heterocycles. The van der Waals surface area contributed by atoms with Gasteiger partial charge in [-0.25, -0.2) is 0 Å². The number of amides is 1. The van der Waals surface area contributed by atoms with E-state index in [4.69, 9.17) is 10.5 Å². The molecule has 0 spiro atoms. The quantitative estimate of drug-likeness (QED) is 0.742. The first-order valence-electron chi connectivity index (χ1n) is 8.80. The number of piperazine rings is 1. The normalized spacial score (nSPS) is 21.9. The molecule has 10 heteroatoms. The van der Waals surface area contributed by atoms with Crippen molar-refractivity contribution < 1.29 is 17.9 Å². The molecule has 1 aromatic rings. The Kier molecular flexibility index (Phi) is 7.23. The van der Waals surface area contributed by atoms with Crippen LogP contribution in [0.5, 0.6) is 0 Å². The smallest absolute Gasteiger partial charge is 0.282 e. The van der Waals surface area contributed by atoms with E-state index in [-0.39, 0.29) is 31.4 Å². The molecule has 27 heavy (non-hydrogen) atoms. The lowest BCUT2D eigenvalue weighted by molar-refractivity contribution is -0.138. The van der Waals surface area contributed by atoms with Gasteiger partial charge in [0.25, 0.3) is 10.2 Å². The fraction of sp³-hybridized carbons (Fsp3) is 0.588. The molecule has 1 amide bonds. The third-order valence-corrected chi connectivity index (χ3v) is 7.00. The summed E-state index contributed by atoms with van der Waals surface area (Å²) in [4.78, 5) is 14.5. The highest BCUT2D eigenvalue weighted by Crippen LogP contribution is 2.22. The highest BCUT2D eigenvalue weighted by atomic mass is 35.5. The fourth-order valence-electron chi connectivity index (χ4n) is 3.30. The molecule has 0 radical (unpaired) electrons. The average molecular weight is 419 g/mol. The summed E-state index contributed by atoms with van der Waals surface area (Å²) in [5, 5.41) is 0. The summed E-state index contributed by atoms with van der Waals surface area (Å²) in [6.07, 6.45) is 0. The average Bonchev–Trinajstić information content (AvgIpc) is 2.69. The Labute approximate surface area is 166 Å². The van der Waals surface area contributed by atoms with Gasteiger partial charge in [-0.1, -0.05) is 30.3 Å². The minimum Gasteiger partial charge on any atom is -0.379 e. The first kappa shape index (κ1) is 22.1. The van der Waals surface area contributed by atoms with Gasteiger partial charge in [-0.2, -0.15) is 17.0 Å². The minimum atomic E-state index is -3.50. The predicted molar refractivity (Wildman–Crippen MR) is 105 cm³/mol. The standard InChI is InChI=1S/C17H26N4O4S.ClH/c1-17(18,15-5-3-2-4-6-15)16(22)19-7-9-20(10-8-19)26(23,24)21-11-13-25-14-12-21;/h2-6H,7-14,18H2,1H3;1H. The van der Waals surface area contributed by atoms with Gasteiger partial charge in [-0.15, -0.1) is 12.4 Å². The van der Waals surface area contributed by atoms with Crippen LogP contribution in [0.2, 0.25) is 0 Å². The Morgan fingerprint density at radius 2 is 1.52 bits per heavy atom. The van der Waals surface area contributed by atoms with Crippen LogP contribution < -0.4 is 5.73 Å². The Hall–Kier alpha value is -1.23. The van der Waals surface area contributed by atoms with Crippen LogP contribution in [0.1, 0.15) is 12.5 Å². The number of hydrogen-bond donors (Lipinski definition) is 1. The predicted octanol–water partition coefficient (Wildman–Crippen LogP) is 0.00350. The lowest BCUT2D eigenvalue weighted by Crippen LogP contribution is -2.59. The maximum atomic E-state index is 12.9. The van der Waals surface area contributed by atoms with Crippen LogP contribution in [0, 0.1) is 0 Å². The second-order valence-electron chi connectivity index (χ2n) is 6.78. The summed E-state index contributed by atoms with van der Waals surface area (Å²) in [5.41, 5.74) is 5.92. The zero-order chi connectivity index (χ0) is 18.8. The zero-order valence-electron chi connectivity index (χ0n) is 15.4. The molecule has 152 valence electrons.